The summed E-state index contributed by atoms with van der Waals surface area (Å²) in [4.78, 5) is 21.3. The van der Waals surface area contributed by atoms with Crippen LogP contribution in [0.25, 0.3) is 0 Å². The normalized spacial score (nSPS) is 26.1. The highest BCUT2D eigenvalue weighted by Crippen LogP contribution is 2.36. The van der Waals surface area contributed by atoms with Crippen molar-refractivity contribution in [3.05, 3.63) is 18.3 Å². The van der Waals surface area contributed by atoms with Crippen molar-refractivity contribution in [2.75, 3.05) is 18.0 Å². The molecule has 1 amide bonds. The monoisotopic (exact) mass is 417 g/mol. The molecule has 166 valence electrons. The van der Waals surface area contributed by atoms with Crippen molar-refractivity contribution in [2.45, 2.75) is 91.2 Å². The van der Waals surface area contributed by atoms with E-state index in [1.807, 2.05) is 78.6 Å². The second kappa shape index (κ2) is 7.72. The molecule has 1 aromatic heterocycles. The molecular formula is C22H36BN3O4. The number of aromatic nitrogens is 1. The molecule has 2 atom stereocenters. The van der Waals surface area contributed by atoms with Crippen LogP contribution in [0, 0.1) is 0 Å². The summed E-state index contributed by atoms with van der Waals surface area (Å²) in [6.45, 7) is 19.3. The number of pyridine rings is 1. The highest BCUT2D eigenvalue weighted by molar-refractivity contribution is 6.62. The lowest BCUT2D eigenvalue weighted by Crippen LogP contribution is -2.59. The fraction of sp³-hybridized carbons (Fsp3) is 0.727. The van der Waals surface area contributed by atoms with Gasteiger partial charge < -0.3 is 23.8 Å². The fourth-order valence-electron chi connectivity index (χ4n) is 3.71. The number of hydrogen-bond acceptors (Lipinski definition) is 6. The summed E-state index contributed by atoms with van der Waals surface area (Å²) in [5.74, 6) is 0.887. The first-order chi connectivity index (χ1) is 13.7. The molecule has 0 N–H and O–H groups in total. The Labute approximate surface area is 181 Å². The number of rotatable bonds is 2. The number of anilines is 1. The van der Waals surface area contributed by atoms with Crippen molar-refractivity contribution in [1.29, 1.82) is 0 Å². The van der Waals surface area contributed by atoms with Crippen LogP contribution in [0.2, 0.25) is 0 Å². The van der Waals surface area contributed by atoms with E-state index in [0.29, 0.717) is 13.1 Å². The van der Waals surface area contributed by atoms with E-state index in [9.17, 15) is 4.79 Å². The van der Waals surface area contributed by atoms with Gasteiger partial charge in [0, 0.05) is 36.8 Å². The van der Waals surface area contributed by atoms with Crippen LogP contribution in [0.5, 0.6) is 0 Å². The maximum atomic E-state index is 12.6. The third-order valence-electron chi connectivity index (χ3n) is 6.20. The van der Waals surface area contributed by atoms with Crippen LogP contribution in [-0.2, 0) is 14.0 Å². The zero-order valence-corrected chi connectivity index (χ0v) is 19.9. The number of carbonyl (C=O) groups excluding carboxylic acids is 1. The second-order valence-corrected chi connectivity index (χ2v) is 10.5. The highest BCUT2D eigenvalue weighted by atomic mass is 16.7. The zero-order valence-electron chi connectivity index (χ0n) is 19.9. The minimum Gasteiger partial charge on any atom is -0.444 e. The van der Waals surface area contributed by atoms with Gasteiger partial charge in [0.05, 0.1) is 11.2 Å². The van der Waals surface area contributed by atoms with E-state index in [0.717, 1.165) is 11.3 Å². The van der Waals surface area contributed by atoms with E-state index in [4.69, 9.17) is 14.0 Å². The van der Waals surface area contributed by atoms with Gasteiger partial charge >= 0.3 is 13.2 Å². The van der Waals surface area contributed by atoms with Gasteiger partial charge in [0.15, 0.2) is 0 Å². The van der Waals surface area contributed by atoms with Gasteiger partial charge in [-0.3, -0.25) is 0 Å². The lowest BCUT2D eigenvalue weighted by Gasteiger charge is -2.44. The number of piperazine rings is 1. The van der Waals surface area contributed by atoms with Crippen molar-refractivity contribution in [3.63, 3.8) is 0 Å². The van der Waals surface area contributed by atoms with Gasteiger partial charge in [-0.15, -0.1) is 0 Å². The topological polar surface area (TPSA) is 64.1 Å². The first kappa shape index (κ1) is 22.9. The van der Waals surface area contributed by atoms with E-state index < -0.39 is 12.7 Å². The molecular weight excluding hydrogens is 381 g/mol. The molecule has 7 nitrogen and oxygen atoms in total. The fourth-order valence-corrected chi connectivity index (χ4v) is 3.71. The molecule has 2 saturated heterocycles. The van der Waals surface area contributed by atoms with Gasteiger partial charge in [-0.05, 0) is 68.4 Å². The average molecular weight is 417 g/mol. The van der Waals surface area contributed by atoms with E-state index in [2.05, 4.69) is 16.8 Å². The SMILES string of the molecule is C[C@@H]1CN(C(=O)OC(C)(C)C)[C@@H](C)CN1c1ccc(B2OC(C)(C)C(C)(C)O2)cn1. The van der Waals surface area contributed by atoms with Crippen LogP contribution in [0.4, 0.5) is 10.6 Å². The third kappa shape index (κ3) is 4.59. The molecule has 1 aromatic rings. The average Bonchev–Trinajstić information content (AvgIpc) is 2.83. The Kier molecular flexibility index (Phi) is 5.88. The first-order valence-electron chi connectivity index (χ1n) is 10.8. The Morgan fingerprint density at radius 1 is 1.10 bits per heavy atom. The number of carbonyl (C=O) groups is 1. The van der Waals surface area contributed by atoms with Gasteiger partial charge in [0.1, 0.15) is 11.4 Å². The molecule has 3 heterocycles. The molecule has 0 saturated carbocycles. The minimum atomic E-state index is -0.498. The van der Waals surface area contributed by atoms with Gasteiger partial charge in [-0.1, -0.05) is 6.07 Å². The number of amides is 1. The first-order valence-corrected chi connectivity index (χ1v) is 10.8. The van der Waals surface area contributed by atoms with Crippen LogP contribution in [0.1, 0.15) is 62.3 Å². The van der Waals surface area contributed by atoms with E-state index in [1.54, 1.807) is 0 Å². The molecule has 0 aromatic carbocycles. The summed E-state index contributed by atoms with van der Waals surface area (Å²) in [7, 11) is -0.420. The number of hydrogen-bond donors (Lipinski definition) is 0. The molecule has 0 aliphatic carbocycles. The second-order valence-electron chi connectivity index (χ2n) is 10.5. The van der Waals surface area contributed by atoms with Crippen LogP contribution in [0.15, 0.2) is 18.3 Å². The smallest absolute Gasteiger partial charge is 0.444 e. The minimum absolute atomic E-state index is 0.0284. The summed E-state index contributed by atoms with van der Waals surface area (Å²) in [5.41, 5.74) is -0.343. The number of ether oxygens (including phenoxy) is 1. The highest BCUT2D eigenvalue weighted by Gasteiger charge is 2.51. The summed E-state index contributed by atoms with van der Waals surface area (Å²) >= 11 is 0. The third-order valence-corrected chi connectivity index (χ3v) is 6.20. The number of nitrogens with zero attached hydrogens (tertiary/aromatic N) is 3. The van der Waals surface area contributed by atoms with Gasteiger partial charge in [0.2, 0.25) is 0 Å². The van der Waals surface area contributed by atoms with Crippen LogP contribution < -0.4 is 10.4 Å². The summed E-state index contributed by atoms with van der Waals surface area (Å²) in [5, 5.41) is 0. The molecule has 0 bridgehead atoms. The van der Waals surface area contributed by atoms with E-state index in [1.165, 1.54) is 0 Å². The molecule has 2 fully saturated rings. The Balaban J connectivity index is 1.68. The summed E-state index contributed by atoms with van der Waals surface area (Å²) in [6, 6.07) is 4.18. The Hall–Kier alpha value is -1.80. The largest absolute Gasteiger partial charge is 0.496 e. The predicted octanol–water partition coefficient (Wildman–Crippen LogP) is 3.21. The summed E-state index contributed by atoms with van der Waals surface area (Å²) < 4.78 is 17.8. The zero-order chi connectivity index (χ0) is 22.5. The van der Waals surface area contributed by atoms with Crippen molar-refractivity contribution in [2.24, 2.45) is 0 Å². The Morgan fingerprint density at radius 3 is 2.20 bits per heavy atom. The van der Waals surface area contributed by atoms with Gasteiger partial charge in [-0.25, -0.2) is 9.78 Å². The molecule has 2 aliphatic rings. The summed E-state index contributed by atoms with van der Waals surface area (Å²) in [6.07, 6.45) is 1.57. The maximum absolute atomic E-state index is 12.6. The molecule has 0 unspecified atom stereocenters. The molecule has 0 radical (unpaired) electrons. The van der Waals surface area contributed by atoms with Crippen LogP contribution >= 0.6 is 0 Å². The Bertz CT molecular complexity index is 760. The van der Waals surface area contributed by atoms with Crippen molar-refractivity contribution in [3.8, 4) is 0 Å². The van der Waals surface area contributed by atoms with Crippen molar-refractivity contribution in [1.82, 2.24) is 9.88 Å². The maximum Gasteiger partial charge on any atom is 0.496 e. The molecule has 2 aliphatic heterocycles. The van der Waals surface area contributed by atoms with Gasteiger partial charge in [-0.2, -0.15) is 0 Å². The molecule has 0 spiro atoms. The quantitative estimate of drug-likeness (QED) is 0.689. The van der Waals surface area contributed by atoms with Crippen molar-refractivity contribution >= 4 is 24.5 Å². The standard InChI is InChI=1S/C22H36BN3O4/c1-15-14-26(19(27)28-20(3,4)5)16(2)13-25(15)18-11-10-17(12-24-18)23-29-21(6,7)22(8,9)30-23/h10-12,15-16H,13-14H2,1-9H3/t15-,16+/m1/s1. The Morgan fingerprint density at radius 2 is 1.70 bits per heavy atom. The van der Waals surface area contributed by atoms with E-state index >= 15 is 0 Å². The van der Waals surface area contributed by atoms with Crippen LogP contribution in [-0.4, -0.2) is 65.1 Å². The predicted molar refractivity (Wildman–Crippen MR) is 119 cm³/mol. The lowest BCUT2D eigenvalue weighted by atomic mass is 9.80. The van der Waals surface area contributed by atoms with Crippen LogP contribution in [0.3, 0.4) is 0 Å². The van der Waals surface area contributed by atoms with Gasteiger partial charge in [0.25, 0.3) is 0 Å². The molecule has 3 rings (SSSR count). The molecule has 30 heavy (non-hydrogen) atoms. The lowest BCUT2D eigenvalue weighted by molar-refractivity contribution is 0.00578. The van der Waals surface area contributed by atoms with Crippen molar-refractivity contribution < 1.29 is 18.8 Å². The molecule has 8 heteroatoms. The van der Waals surface area contributed by atoms with E-state index in [-0.39, 0.29) is 29.4 Å².